The Kier molecular flexibility index (Phi) is 4.97. The van der Waals surface area contributed by atoms with Crippen LogP contribution < -0.4 is 0 Å². The smallest absolute Gasteiger partial charge is 0.308 e. The van der Waals surface area contributed by atoms with E-state index in [0.717, 1.165) is 19.3 Å². The van der Waals surface area contributed by atoms with Crippen molar-refractivity contribution >= 4 is 11.8 Å². The van der Waals surface area contributed by atoms with Crippen LogP contribution in [0.4, 0.5) is 0 Å². The minimum Gasteiger partial charge on any atom is -0.469 e. The van der Waals surface area contributed by atoms with E-state index in [4.69, 9.17) is 10.00 Å². The average Bonchev–Trinajstić information content (AvgIpc) is 2.39. The van der Waals surface area contributed by atoms with Gasteiger partial charge in [0.15, 0.2) is 0 Å². The highest BCUT2D eigenvalue weighted by Gasteiger charge is 2.25. The first kappa shape index (κ1) is 12.7. The summed E-state index contributed by atoms with van der Waals surface area (Å²) in [7, 11) is 1.38. The molecule has 0 heterocycles. The van der Waals surface area contributed by atoms with Gasteiger partial charge >= 0.3 is 5.97 Å². The van der Waals surface area contributed by atoms with E-state index in [1.165, 1.54) is 7.11 Å². The first-order valence-electron chi connectivity index (χ1n) is 5.69. The van der Waals surface area contributed by atoms with Crippen molar-refractivity contribution in [2.75, 3.05) is 7.11 Å². The highest BCUT2D eigenvalue weighted by Crippen LogP contribution is 2.24. The van der Waals surface area contributed by atoms with Crippen molar-refractivity contribution in [3.8, 4) is 6.07 Å². The van der Waals surface area contributed by atoms with Gasteiger partial charge in [0, 0.05) is 6.42 Å². The molecule has 1 aliphatic rings. The molecule has 0 aromatic heterocycles. The zero-order chi connectivity index (χ0) is 12.0. The summed E-state index contributed by atoms with van der Waals surface area (Å²) in [4.78, 5) is 23.0. The second-order valence-corrected chi connectivity index (χ2v) is 4.19. The summed E-state index contributed by atoms with van der Waals surface area (Å²) in [6.45, 7) is 0. The third-order valence-electron chi connectivity index (χ3n) is 3.11. The zero-order valence-electron chi connectivity index (χ0n) is 9.57. The number of methoxy groups -OCH3 is 1. The molecule has 0 aromatic rings. The minimum absolute atomic E-state index is 0.0213. The standard InChI is InChI=1S/C12H17NO3/c1-16-12(15)9-4-2-3-5-11(14)10(8-13)7-6-9/h9-10H,2-7H2,1H3. The molecular formula is C12H17NO3. The summed E-state index contributed by atoms with van der Waals surface area (Å²) in [5.74, 6) is -0.879. The van der Waals surface area contributed by atoms with Crippen molar-refractivity contribution < 1.29 is 14.3 Å². The van der Waals surface area contributed by atoms with Crippen LogP contribution in [-0.4, -0.2) is 18.9 Å². The molecule has 0 aromatic carbocycles. The van der Waals surface area contributed by atoms with Crippen molar-refractivity contribution in [3.63, 3.8) is 0 Å². The minimum atomic E-state index is -0.537. The second kappa shape index (κ2) is 6.26. The van der Waals surface area contributed by atoms with Crippen LogP contribution in [0.3, 0.4) is 0 Å². The largest absolute Gasteiger partial charge is 0.469 e. The van der Waals surface area contributed by atoms with Crippen LogP contribution in [-0.2, 0) is 14.3 Å². The molecule has 0 radical (unpaired) electrons. The molecule has 88 valence electrons. The molecule has 1 aliphatic carbocycles. The van der Waals surface area contributed by atoms with Crippen LogP contribution in [0.2, 0.25) is 0 Å². The summed E-state index contributed by atoms with van der Waals surface area (Å²) >= 11 is 0. The van der Waals surface area contributed by atoms with E-state index in [9.17, 15) is 9.59 Å². The van der Waals surface area contributed by atoms with Gasteiger partial charge in [-0.05, 0) is 25.7 Å². The maximum Gasteiger partial charge on any atom is 0.308 e. The first-order chi connectivity index (χ1) is 7.69. The Bertz CT molecular complexity index is 306. The van der Waals surface area contributed by atoms with E-state index in [-0.39, 0.29) is 17.7 Å². The molecule has 16 heavy (non-hydrogen) atoms. The van der Waals surface area contributed by atoms with Gasteiger partial charge in [-0.2, -0.15) is 5.26 Å². The van der Waals surface area contributed by atoms with Gasteiger partial charge in [0.05, 0.1) is 19.1 Å². The van der Waals surface area contributed by atoms with Gasteiger partial charge in [-0.3, -0.25) is 9.59 Å². The quantitative estimate of drug-likeness (QED) is 0.636. The number of nitriles is 1. The van der Waals surface area contributed by atoms with Crippen molar-refractivity contribution in [2.45, 2.75) is 38.5 Å². The van der Waals surface area contributed by atoms with Gasteiger partial charge < -0.3 is 4.74 Å². The van der Waals surface area contributed by atoms with Gasteiger partial charge in [0.25, 0.3) is 0 Å². The molecule has 1 saturated carbocycles. The molecule has 0 spiro atoms. The van der Waals surface area contributed by atoms with E-state index in [1.807, 2.05) is 6.07 Å². The lowest BCUT2D eigenvalue weighted by Gasteiger charge is -2.13. The van der Waals surface area contributed by atoms with Gasteiger partial charge in [-0.25, -0.2) is 0 Å². The summed E-state index contributed by atoms with van der Waals surface area (Å²) in [5, 5.41) is 8.87. The lowest BCUT2D eigenvalue weighted by Crippen LogP contribution is -2.18. The number of hydrogen-bond donors (Lipinski definition) is 0. The molecule has 1 fully saturated rings. The van der Waals surface area contributed by atoms with E-state index < -0.39 is 5.92 Å². The van der Waals surface area contributed by atoms with Gasteiger partial charge in [0.2, 0.25) is 0 Å². The van der Waals surface area contributed by atoms with E-state index in [1.54, 1.807) is 0 Å². The topological polar surface area (TPSA) is 67.2 Å². The summed E-state index contributed by atoms with van der Waals surface area (Å²) in [6, 6.07) is 2.03. The van der Waals surface area contributed by atoms with Gasteiger partial charge in [0.1, 0.15) is 11.7 Å². The van der Waals surface area contributed by atoms with Crippen LogP contribution in [0.1, 0.15) is 38.5 Å². The SMILES string of the molecule is COC(=O)C1CCCCC(=O)C(C#N)CC1. The molecule has 2 unspecified atom stereocenters. The number of ether oxygens (including phenoxy) is 1. The third kappa shape index (κ3) is 3.34. The molecule has 0 N–H and O–H groups in total. The fourth-order valence-electron chi connectivity index (χ4n) is 2.08. The molecule has 1 rings (SSSR count). The Morgan fingerprint density at radius 3 is 2.75 bits per heavy atom. The summed E-state index contributed by atoms with van der Waals surface area (Å²) in [6.07, 6.45) is 3.91. The van der Waals surface area contributed by atoms with E-state index in [0.29, 0.717) is 19.3 Å². The zero-order valence-corrected chi connectivity index (χ0v) is 9.57. The summed E-state index contributed by atoms with van der Waals surface area (Å²) < 4.78 is 4.72. The van der Waals surface area contributed by atoms with Crippen molar-refractivity contribution in [3.05, 3.63) is 0 Å². The highest BCUT2D eigenvalue weighted by molar-refractivity contribution is 5.83. The Morgan fingerprint density at radius 2 is 2.12 bits per heavy atom. The fraction of sp³-hybridized carbons (Fsp3) is 0.750. The number of carbonyl (C=O) groups excluding carboxylic acids is 2. The van der Waals surface area contributed by atoms with E-state index >= 15 is 0 Å². The van der Waals surface area contributed by atoms with Crippen molar-refractivity contribution in [2.24, 2.45) is 11.8 Å². The Balaban J connectivity index is 2.64. The Hall–Kier alpha value is -1.37. The Morgan fingerprint density at radius 1 is 1.38 bits per heavy atom. The number of carbonyl (C=O) groups is 2. The molecule has 0 aliphatic heterocycles. The Labute approximate surface area is 95.6 Å². The molecule has 4 heteroatoms. The van der Waals surface area contributed by atoms with Crippen LogP contribution in [0, 0.1) is 23.2 Å². The van der Waals surface area contributed by atoms with Crippen molar-refractivity contribution in [1.82, 2.24) is 0 Å². The predicted molar refractivity (Wildman–Crippen MR) is 57.3 cm³/mol. The first-order valence-corrected chi connectivity index (χ1v) is 5.69. The number of hydrogen-bond acceptors (Lipinski definition) is 4. The fourth-order valence-corrected chi connectivity index (χ4v) is 2.08. The number of nitrogens with zero attached hydrogens (tertiary/aromatic N) is 1. The molecule has 4 nitrogen and oxygen atoms in total. The molecular weight excluding hydrogens is 206 g/mol. The average molecular weight is 223 g/mol. The van der Waals surface area contributed by atoms with Crippen molar-refractivity contribution in [1.29, 1.82) is 5.26 Å². The van der Waals surface area contributed by atoms with Crippen LogP contribution in [0.15, 0.2) is 0 Å². The normalized spacial score (nSPS) is 27.1. The van der Waals surface area contributed by atoms with Gasteiger partial charge in [-0.15, -0.1) is 0 Å². The molecule has 0 saturated heterocycles. The molecule has 0 amide bonds. The third-order valence-corrected chi connectivity index (χ3v) is 3.11. The maximum absolute atomic E-state index is 11.6. The monoisotopic (exact) mass is 223 g/mol. The predicted octanol–water partition coefficient (Wildman–Crippen LogP) is 1.84. The number of Topliss-reactive ketones (excluding diaryl/α,β-unsaturated/α-hetero) is 1. The van der Waals surface area contributed by atoms with Crippen LogP contribution in [0.25, 0.3) is 0 Å². The lowest BCUT2D eigenvalue weighted by molar-refractivity contribution is -0.146. The number of esters is 1. The van der Waals surface area contributed by atoms with E-state index in [2.05, 4.69) is 0 Å². The van der Waals surface area contributed by atoms with Gasteiger partial charge in [-0.1, -0.05) is 6.42 Å². The lowest BCUT2D eigenvalue weighted by atomic mass is 9.93. The highest BCUT2D eigenvalue weighted by atomic mass is 16.5. The van der Waals surface area contributed by atoms with Crippen LogP contribution in [0.5, 0.6) is 0 Å². The summed E-state index contributed by atoms with van der Waals surface area (Å²) in [5.41, 5.74) is 0. The number of rotatable bonds is 1. The maximum atomic E-state index is 11.6. The number of ketones is 1. The molecule has 0 bridgehead atoms. The van der Waals surface area contributed by atoms with Crippen LogP contribution >= 0.6 is 0 Å². The second-order valence-electron chi connectivity index (χ2n) is 4.19. The molecule has 2 atom stereocenters.